The molecule has 0 aliphatic carbocycles. The van der Waals surface area contributed by atoms with Crippen LogP contribution in [-0.4, -0.2) is 6.54 Å². The number of rotatable bonds is 6. The highest BCUT2D eigenvalue weighted by Gasteiger charge is 2.15. The molecule has 96 valence electrons. The lowest BCUT2D eigenvalue weighted by atomic mass is 9.96. The van der Waals surface area contributed by atoms with Gasteiger partial charge in [-0.05, 0) is 43.4 Å². The average molecular weight is 298 g/mol. The lowest BCUT2D eigenvalue weighted by Crippen LogP contribution is -2.24. The summed E-state index contributed by atoms with van der Waals surface area (Å²) in [6.07, 6.45) is 2.36. The van der Waals surface area contributed by atoms with E-state index in [4.69, 9.17) is 0 Å². The van der Waals surface area contributed by atoms with Crippen molar-refractivity contribution >= 4 is 15.9 Å². The zero-order valence-corrected chi connectivity index (χ0v) is 13.0. The number of aryl methyl sites for hydroxylation is 1. The number of hydrogen-bond donors (Lipinski definition) is 1. The smallest absolute Gasteiger partial charge is 0.0333 e. The topological polar surface area (TPSA) is 12.0 Å². The molecule has 0 bridgehead atoms. The molecule has 0 amide bonds. The molecule has 0 spiro atoms. The van der Waals surface area contributed by atoms with Crippen molar-refractivity contribution in [3.8, 4) is 0 Å². The third kappa shape index (κ3) is 4.44. The molecular weight excluding hydrogens is 274 g/mol. The second-order valence-corrected chi connectivity index (χ2v) is 5.91. The molecule has 0 fully saturated rings. The summed E-state index contributed by atoms with van der Waals surface area (Å²) in [5, 5.41) is 3.66. The summed E-state index contributed by atoms with van der Waals surface area (Å²) in [4.78, 5) is 0. The Morgan fingerprint density at radius 3 is 2.59 bits per heavy atom. The van der Waals surface area contributed by atoms with Crippen LogP contribution in [0.15, 0.2) is 22.7 Å². The first-order valence-electron chi connectivity index (χ1n) is 6.54. The Morgan fingerprint density at radius 1 is 1.29 bits per heavy atom. The van der Waals surface area contributed by atoms with E-state index in [1.54, 1.807) is 0 Å². The molecule has 0 aromatic heterocycles. The van der Waals surface area contributed by atoms with Gasteiger partial charge in [-0.1, -0.05) is 54.9 Å². The lowest BCUT2D eigenvalue weighted by molar-refractivity contribution is 0.429. The normalized spacial score (nSPS) is 13.1. The predicted octanol–water partition coefficient (Wildman–Crippen LogP) is 4.84. The second-order valence-electron chi connectivity index (χ2n) is 5.11. The van der Waals surface area contributed by atoms with Crippen molar-refractivity contribution in [1.82, 2.24) is 5.32 Å². The Morgan fingerprint density at radius 2 is 2.00 bits per heavy atom. The van der Waals surface area contributed by atoms with E-state index in [9.17, 15) is 0 Å². The molecule has 1 unspecified atom stereocenters. The zero-order chi connectivity index (χ0) is 12.8. The van der Waals surface area contributed by atoms with E-state index in [0.29, 0.717) is 12.0 Å². The van der Waals surface area contributed by atoms with E-state index >= 15 is 0 Å². The van der Waals surface area contributed by atoms with E-state index in [1.165, 1.54) is 28.4 Å². The van der Waals surface area contributed by atoms with Crippen molar-refractivity contribution in [3.05, 3.63) is 33.8 Å². The molecule has 1 aromatic rings. The van der Waals surface area contributed by atoms with Crippen LogP contribution in [0.4, 0.5) is 0 Å². The van der Waals surface area contributed by atoms with Gasteiger partial charge in [-0.15, -0.1) is 0 Å². The first-order valence-corrected chi connectivity index (χ1v) is 7.34. The molecule has 17 heavy (non-hydrogen) atoms. The first-order chi connectivity index (χ1) is 8.06. The number of hydrogen-bond acceptors (Lipinski definition) is 1. The van der Waals surface area contributed by atoms with Crippen LogP contribution in [0, 0.1) is 12.8 Å². The molecule has 0 heterocycles. The largest absolute Gasteiger partial charge is 0.310 e. The van der Waals surface area contributed by atoms with Gasteiger partial charge in [0.05, 0.1) is 0 Å². The van der Waals surface area contributed by atoms with E-state index in [2.05, 4.69) is 67.1 Å². The maximum absolute atomic E-state index is 3.72. The van der Waals surface area contributed by atoms with Gasteiger partial charge >= 0.3 is 0 Å². The lowest BCUT2D eigenvalue weighted by Gasteiger charge is -2.23. The molecule has 0 aliphatic rings. The molecule has 1 aromatic carbocycles. The molecule has 1 rings (SSSR count). The highest BCUT2D eigenvalue weighted by Crippen LogP contribution is 2.30. The number of halogens is 1. The Kier molecular flexibility index (Phi) is 6.21. The standard InChI is InChI=1S/C15H24BrN/c1-5-9-17-14(10-11(2)3)13-8-6-7-12(4)15(13)16/h6-8,11,14,17H,5,9-10H2,1-4H3. The second kappa shape index (κ2) is 7.17. The summed E-state index contributed by atoms with van der Waals surface area (Å²) in [5.74, 6) is 0.705. The molecule has 0 saturated heterocycles. The minimum Gasteiger partial charge on any atom is -0.310 e. The van der Waals surface area contributed by atoms with Crippen LogP contribution >= 0.6 is 15.9 Å². The minimum atomic E-state index is 0.462. The quantitative estimate of drug-likeness (QED) is 0.792. The highest BCUT2D eigenvalue weighted by molar-refractivity contribution is 9.10. The van der Waals surface area contributed by atoms with Gasteiger partial charge < -0.3 is 5.32 Å². The van der Waals surface area contributed by atoms with Crippen molar-refractivity contribution in [2.45, 2.75) is 46.6 Å². The minimum absolute atomic E-state index is 0.462. The van der Waals surface area contributed by atoms with Gasteiger partial charge in [0, 0.05) is 10.5 Å². The summed E-state index contributed by atoms with van der Waals surface area (Å²) in [7, 11) is 0. The van der Waals surface area contributed by atoms with Crippen molar-refractivity contribution in [3.63, 3.8) is 0 Å². The zero-order valence-electron chi connectivity index (χ0n) is 11.4. The van der Waals surface area contributed by atoms with E-state index in [-0.39, 0.29) is 0 Å². The van der Waals surface area contributed by atoms with Crippen molar-refractivity contribution in [2.24, 2.45) is 5.92 Å². The highest BCUT2D eigenvalue weighted by atomic mass is 79.9. The summed E-state index contributed by atoms with van der Waals surface area (Å²) in [6.45, 7) is 10.0. The molecule has 0 radical (unpaired) electrons. The van der Waals surface area contributed by atoms with Crippen LogP contribution in [0.3, 0.4) is 0 Å². The van der Waals surface area contributed by atoms with Gasteiger partial charge in [-0.25, -0.2) is 0 Å². The van der Waals surface area contributed by atoms with Crippen LogP contribution in [0.5, 0.6) is 0 Å². The molecule has 2 heteroatoms. The third-order valence-electron chi connectivity index (χ3n) is 2.94. The summed E-state index contributed by atoms with van der Waals surface area (Å²) >= 11 is 3.72. The van der Waals surface area contributed by atoms with Gasteiger partial charge in [0.1, 0.15) is 0 Å². The fourth-order valence-corrected chi connectivity index (χ4v) is 2.59. The molecule has 0 aliphatic heterocycles. The Balaban J connectivity index is 2.90. The van der Waals surface area contributed by atoms with E-state index < -0.39 is 0 Å². The van der Waals surface area contributed by atoms with Gasteiger partial charge in [-0.2, -0.15) is 0 Å². The van der Waals surface area contributed by atoms with Crippen LogP contribution in [0.2, 0.25) is 0 Å². The molecular formula is C15H24BrN. The average Bonchev–Trinajstić information content (AvgIpc) is 2.28. The predicted molar refractivity (Wildman–Crippen MR) is 79.4 cm³/mol. The van der Waals surface area contributed by atoms with Crippen molar-refractivity contribution in [1.29, 1.82) is 0 Å². The van der Waals surface area contributed by atoms with Gasteiger partial charge in [0.25, 0.3) is 0 Å². The van der Waals surface area contributed by atoms with Crippen LogP contribution < -0.4 is 5.32 Å². The molecule has 1 nitrogen and oxygen atoms in total. The fourth-order valence-electron chi connectivity index (χ4n) is 2.05. The van der Waals surface area contributed by atoms with Crippen LogP contribution in [0.1, 0.15) is 50.8 Å². The fraction of sp³-hybridized carbons (Fsp3) is 0.600. The Labute approximate surface area is 114 Å². The van der Waals surface area contributed by atoms with Gasteiger partial charge in [0.15, 0.2) is 0 Å². The Hall–Kier alpha value is -0.340. The SMILES string of the molecule is CCCNC(CC(C)C)c1cccc(C)c1Br. The van der Waals surface area contributed by atoms with Gasteiger partial charge in [-0.3, -0.25) is 0 Å². The summed E-state index contributed by atoms with van der Waals surface area (Å²) in [5.41, 5.74) is 2.71. The van der Waals surface area contributed by atoms with Crippen LogP contribution in [-0.2, 0) is 0 Å². The summed E-state index contributed by atoms with van der Waals surface area (Å²) in [6, 6.07) is 6.99. The number of nitrogens with one attached hydrogen (secondary N) is 1. The van der Waals surface area contributed by atoms with Gasteiger partial charge in [0.2, 0.25) is 0 Å². The molecule has 0 saturated carbocycles. The van der Waals surface area contributed by atoms with Crippen LogP contribution in [0.25, 0.3) is 0 Å². The summed E-state index contributed by atoms with van der Waals surface area (Å²) < 4.78 is 1.26. The van der Waals surface area contributed by atoms with Crippen molar-refractivity contribution in [2.75, 3.05) is 6.54 Å². The maximum Gasteiger partial charge on any atom is 0.0333 e. The Bertz CT molecular complexity index is 347. The van der Waals surface area contributed by atoms with E-state index in [0.717, 1.165) is 6.54 Å². The van der Waals surface area contributed by atoms with Crippen molar-refractivity contribution < 1.29 is 0 Å². The maximum atomic E-state index is 3.72. The molecule has 1 N–H and O–H groups in total. The first kappa shape index (κ1) is 14.7. The monoisotopic (exact) mass is 297 g/mol. The third-order valence-corrected chi connectivity index (χ3v) is 4.03. The molecule has 1 atom stereocenters. The van der Waals surface area contributed by atoms with E-state index in [1.807, 2.05) is 0 Å². The number of benzene rings is 1.